The summed E-state index contributed by atoms with van der Waals surface area (Å²) in [6.45, 7) is 2.54. The molecule has 0 aliphatic rings. The van der Waals surface area contributed by atoms with Crippen molar-refractivity contribution in [2.45, 2.75) is 6.92 Å². The Morgan fingerprint density at radius 3 is 2.45 bits per heavy atom. The molecular weight excluding hydrogens is 264 g/mol. The molecule has 0 aliphatic carbocycles. The number of hydrogen-bond donors (Lipinski definition) is 2. The molecular formula is C14H13F2N3O. The second-order valence-electron chi connectivity index (χ2n) is 3.99. The Balaban J connectivity index is 2.22. The first kappa shape index (κ1) is 13.9. The summed E-state index contributed by atoms with van der Waals surface area (Å²) in [6.07, 6.45) is 0. The van der Waals surface area contributed by atoms with Crippen molar-refractivity contribution in [1.82, 2.24) is 4.98 Å². The molecule has 0 saturated carbocycles. The van der Waals surface area contributed by atoms with Gasteiger partial charge in [-0.25, -0.2) is 13.8 Å². The average Bonchev–Trinajstić information content (AvgIpc) is 2.43. The van der Waals surface area contributed by atoms with E-state index in [1.807, 2.05) is 6.92 Å². The minimum absolute atomic E-state index is 0.0751. The molecule has 2 rings (SSSR count). The van der Waals surface area contributed by atoms with Crippen molar-refractivity contribution in [1.29, 1.82) is 0 Å². The van der Waals surface area contributed by atoms with Crippen LogP contribution in [-0.2, 0) is 0 Å². The normalized spacial score (nSPS) is 10.2. The Bertz CT molecular complexity index is 611. The molecule has 1 heterocycles. The van der Waals surface area contributed by atoms with Crippen LogP contribution in [0.5, 0.6) is 0 Å². The van der Waals surface area contributed by atoms with Gasteiger partial charge in [0.15, 0.2) is 0 Å². The largest absolute Gasteiger partial charge is 0.370 e. The molecule has 0 aliphatic heterocycles. The standard InChI is InChI=1S/C14H13F2N3O/c1-2-17-12-8-4-7-11(18-12)14(20)19-13-9(15)5-3-6-10(13)16/h3-8H,2H2,1H3,(H,17,18)(H,19,20). The molecule has 6 heteroatoms. The molecule has 104 valence electrons. The van der Waals surface area contributed by atoms with Crippen molar-refractivity contribution in [3.63, 3.8) is 0 Å². The number of hydrogen-bond acceptors (Lipinski definition) is 3. The first-order chi connectivity index (χ1) is 9.61. The van der Waals surface area contributed by atoms with Gasteiger partial charge in [-0.15, -0.1) is 0 Å². The minimum atomic E-state index is -0.832. The predicted molar refractivity (Wildman–Crippen MR) is 72.7 cm³/mol. The molecule has 0 spiro atoms. The lowest BCUT2D eigenvalue weighted by atomic mass is 10.2. The van der Waals surface area contributed by atoms with Crippen molar-refractivity contribution >= 4 is 17.4 Å². The van der Waals surface area contributed by atoms with E-state index in [-0.39, 0.29) is 5.69 Å². The SMILES string of the molecule is CCNc1cccc(C(=O)Nc2c(F)cccc2F)n1. The third-order valence-electron chi connectivity index (χ3n) is 2.54. The summed E-state index contributed by atoms with van der Waals surface area (Å²) in [7, 11) is 0. The number of amides is 1. The molecule has 2 N–H and O–H groups in total. The summed E-state index contributed by atoms with van der Waals surface area (Å²) >= 11 is 0. The molecule has 0 unspecified atom stereocenters. The zero-order valence-electron chi connectivity index (χ0n) is 10.8. The van der Waals surface area contributed by atoms with Gasteiger partial charge in [0.2, 0.25) is 0 Å². The van der Waals surface area contributed by atoms with Crippen LogP contribution in [0, 0.1) is 11.6 Å². The second-order valence-corrected chi connectivity index (χ2v) is 3.99. The third kappa shape index (κ3) is 3.09. The fraction of sp³-hybridized carbons (Fsp3) is 0.143. The first-order valence-corrected chi connectivity index (χ1v) is 6.08. The number of carbonyl (C=O) groups excluding carboxylic acids is 1. The van der Waals surface area contributed by atoms with Crippen LogP contribution in [-0.4, -0.2) is 17.4 Å². The van der Waals surface area contributed by atoms with E-state index in [4.69, 9.17) is 0 Å². The molecule has 1 amide bonds. The maximum Gasteiger partial charge on any atom is 0.274 e. The maximum absolute atomic E-state index is 13.4. The molecule has 1 aromatic carbocycles. The van der Waals surface area contributed by atoms with Crippen LogP contribution in [0.3, 0.4) is 0 Å². The van der Waals surface area contributed by atoms with Crippen LogP contribution in [0.25, 0.3) is 0 Å². The summed E-state index contributed by atoms with van der Waals surface area (Å²) in [5.41, 5.74) is -0.403. The first-order valence-electron chi connectivity index (χ1n) is 6.08. The number of carbonyl (C=O) groups is 1. The van der Waals surface area contributed by atoms with E-state index in [0.29, 0.717) is 12.4 Å². The summed E-state index contributed by atoms with van der Waals surface area (Å²) in [4.78, 5) is 16.0. The Labute approximate surface area is 114 Å². The monoisotopic (exact) mass is 277 g/mol. The van der Waals surface area contributed by atoms with Crippen LogP contribution in [0.4, 0.5) is 20.3 Å². The van der Waals surface area contributed by atoms with Crippen molar-refractivity contribution in [3.8, 4) is 0 Å². The molecule has 0 atom stereocenters. The Hall–Kier alpha value is -2.50. The second kappa shape index (κ2) is 6.10. The Morgan fingerprint density at radius 2 is 1.80 bits per heavy atom. The summed E-state index contributed by atoms with van der Waals surface area (Å²) in [5, 5.41) is 5.14. The van der Waals surface area contributed by atoms with Gasteiger partial charge >= 0.3 is 0 Å². The van der Waals surface area contributed by atoms with Crippen molar-refractivity contribution in [2.75, 3.05) is 17.2 Å². The van der Waals surface area contributed by atoms with E-state index in [2.05, 4.69) is 15.6 Å². The van der Waals surface area contributed by atoms with E-state index in [1.165, 1.54) is 12.1 Å². The van der Waals surface area contributed by atoms with Gasteiger partial charge in [0.05, 0.1) is 0 Å². The van der Waals surface area contributed by atoms with Crippen molar-refractivity contribution < 1.29 is 13.6 Å². The van der Waals surface area contributed by atoms with E-state index < -0.39 is 23.2 Å². The van der Waals surface area contributed by atoms with Gasteiger partial charge in [-0.05, 0) is 31.2 Å². The maximum atomic E-state index is 13.4. The zero-order chi connectivity index (χ0) is 14.5. The van der Waals surface area contributed by atoms with Gasteiger partial charge in [-0.2, -0.15) is 0 Å². The highest BCUT2D eigenvalue weighted by atomic mass is 19.1. The minimum Gasteiger partial charge on any atom is -0.370 e. The van der Waals surface area contributed by atoms with Crippen LogP contribution < -0.4 is 10.6 Å². The molecule has 0 bridgehead atoms. The van der Waals surface area contributed by atoms with Gasteiger partial charge in [-0.1, -0.05) is 12.1 Å². The Morgan fingerprint density at radius 1 is 1.15 bits per heavy atom. The number of aromatic nitrogens is 1. The van der Waals surface area contributed by atoms with Crippen molar-refractivity contribution in [2.24, 2.45) is 0 Å². The molecule has 2 aromatic rings. The van der Waals surface area contributed by atoms with Gasteiger partial charge < -0.3 is 10.6 Å². The highest BCUT2D eigenvalue weighted by Gasteiger charge is 2.14. The summed E-state index contributed by atoms with van der Waals surface area (Å²) < 4.78 is 26.9. The van der Waals surface area contributed by atoms with Crippen LogP contribution in [0.15, 0.2) is 36.4 Å². The van der Waals surface area contributed by atoms with E-state index in [9.17, 15) is 13.6 Å². The van der Waals surface area contributed by atoms with Crippen LogP contribution in [0.1, 0.15) is 17.4 Å². The van der Waals surface area contributed by atoms with E-state index >= 15 is 0 Å². The fourth-order valence-corrected chi connectivity index (χ4v) is 1.64. The molecule has 4 nitrogen and oxygen atoms in total. The number of para-hydroxylation sites is 1. The highest BCUT2D eigenvalue weighted by Crippen LogP contribution is 2.18. The zero-order valence-corrected chi connectivity index (χ0v) is 10.8. The number of nitrogens with one attached hydrogen (secondary N) is 2. The lowest BCUT2D eigenvalue weighted by molar-refractivity contribution is 0.102. The number of pyridine rings is 1. The number of halogens is 2. The van der Waals surface area contributed by atoms with Crippen LogP contribution >= 0.6 is 0 Å². The summed E-state index contributed by atoms with van der Waals surface area (Å²) in [5.74, 6) is -1.81. The highest BCUT2D eigenvalue weighted by molar-refractivity contribution is 6.03. The lowest BCUT2D eigenvalue weighted by Gasteiger charge is -2.08. The predicted octanol–water partition coefficient (Wildman–Crippen LogP) is 3.04. The van der Waals surface area contributed by atoms with Gasteiger partial charge in [0, 0.05) is 6.54 Å². The van der Waals surface area contributed by atoms with Crippen LogP contribution in [0.2, 0.25) is 0 Å². The molecule has 0 radical (unpaired) electrons. The number of nitrogens with zero attached hydrogens (tertiary/aromatic N) is 1. The smallest absolute Gasteiger partial charge is 0.274 e. The van der Waals surface area contributed by atoms with Gasteiger partial charge in [0.1, 0.15) is 28.8 Å². The van der Waals surface area contributed by atoms with E-state index in [1.54, 1.807) is 12.1 Å². The number of benzene rings is 1. The average molecular weight is 277 g/mol. The quantitative estimate of drug-likeness (QED) is 0.903. The Kier molecular flexibility index (Phi) is 4.24. The molecule has 20 heavy (non-hydrogen) atoms. The molecule has 1 aromatic heterocycles. The van der Waals surface area contributed by atoms with E-state index in [0.717, 1.165) is 12.1 Å². The number of anilines is 2. The van der Waals surface area contributed by atoms with Gasteiger partial charge in [0.25, 0.3) is 5.91 Å². The summed E-state index contributed by atoms with van der Waals surface area (Å²) in [6, 6.07) is 8.17. The van der Waals surface area contributed by atoms with Crippen molar-refractivity contribution in [3.05, 3.63) is 53.7 Å². The number of rotatable bonds is 4. The third-order valence-corrected chi connectivity index (χ3v) is 2.54. The lowest BCUT2D eigenvalue weighted by Crippen LogP contribution is -2.16. The van der Waals surface area contributed by atoms with Gasteiger partial charge in [-0.3, -0.25) is 4.79 Å². The topological polar surface area (TPSA) is 54.0 Å². The fourth-order valence-electron chi connectivity index (χ4n) is 1.64. The molecule has 0 saturated heterocycles. The molecule has 0 fully saturated rings.